The quantitative estimate of drug-likeness (QED) is 0.264. The van der Waals surface area contributed by atoms with Crippen molar-refractivity contribution in [2.24, 2.45) is 4.99 Å². The van der Waals surface area contributed by atoms with E-state index in [1.807, 2.05) is 61.5 Å². The Morgan fingerprint density at radius 1 is 0.966 bits per heavy atom. The summed E-state index contributed by atoms with van der Waals surface area (Å²) in [6.07, 6.45) is 4.33. The van der Waals surface area contributed by atoms with Crippen LogP contribution in [0.4, 0.5) is 10.1 Å². The van der Waals surface area contributed by atoms with Crippen LogP contribution in [0.1, 0.15) is 23.6 Å². The molecule has 0 saturated carbocycles. The summed E-state index contributed by atoms with van der Waals surface area (Å²) in [6, 6.07) is 22.3. The van der Waals surface area contributed by atoms with Gasteiger partial charge in [-0.1, -0.05) is 60.7 Å². The molecule has 4 heteroatoms. The molecule has 0 radical (unpaired) electrons. The standard InChI is InChI=1S/C25H22ClFN2/c1-3-4-25(21-9-11-22(26)12-10-21)29-18(2)28-24-15-7-20(8-16-24)17-19-5-13-23(27)14-6-19/h3-16H,1,17H2,2H3,(H,28,29)/b25-4-. The lowest BCUT2D eigenvalue weighted by Crippen LogP contribution is -2.07. The first-order valence-electron chi connectivity index (χ1n) is 9.28. The van der Waals surface area contributed by atoms with E-state index in [1.165, 1.54) is 12.1 Å². The molecule has 29 heavy (non-hydrogen) atoms. The van der Waals surface area contributed by atoms with E-state index in [0.29, 0.717) is 5.02 Å². The smallest absolute Gasteiger partial charge is 0.123 e. The summed E-state index contributed by atoms with van der Waals surface area (Å²) in [7, 11) is 0. The molecule has 1 N–H and O–H groups in total. The molecule has 0 aliphatic heterocycles. The molecule has 0 fully saturated rings. The zero-order valence-electron chi connectivity index (χ0n) is 16.2. The number of nitrogens with zero attached hydrogens (tertiary/aromatic N) is 1. The maximum atomic E-state index is 13.0. The van der Waals surface area contributed by atoms with Crippen LogP contribution in [0, 0.1) is 5.82 Å². The van der Waals surface area contributed by atoms with Crippen LogP contribution in [0.2, 0.25) is 5.02 Å². The summed E-state index contributed by atoms with van der Waals surface area (Å²) >= 11 is 5.97. The lowest BCUT2D eigenvalue weighted by Gasteiger charge is -2.09. The first kappa shape index (κ1) is 20.6. The average Bonchev–Trinajstić information content (AvgIpc) is 2.71. The van der Waals surface area contributed by atoms with Crippen molar-refractivity contribution >= 4 is 28.8 Å². The number of halogens is 2. The van der Waals surface area contributed by atoms with E-state index < -0.39 is 0 Å². The second kappa shape index (κ2) is 9.85. The van der Waals surface area contributed by atoms with Crippen molar-refractivity contribution in [2.45, 2.75) is 13.3 Å². The Bertz CT molecular complexity index is 1020. The zero-order valence-corrected chi connectivity index (χ0v) is 17.0. The number of hydrogen-bond acceptors (Lipinski definition) is 1. The lowest BCUT2D eigenvalue weighted by molar-refractivity contribution is 0.627. The Hall–Kier alpha value is -3.17. The normalized spacial score (nSPS) is 12.0. The van der Waals surface area contributed by atoms with Gasteiger partial charge in [0.25, 0.3) is 0 Å². The maximum Gasteiger partial charge on any atom is 0.123 e. The minimum Gasteiger partial charge on any atom is -0.344 e. The molecule has 0 aromatic heterocycles. The highest BCUT2D eigenvalue weighted by Crippen LogP contribution is 2.20. The molecular weight excluding hydrogens is 383 g/mol. The molecule has 0 bridgehead atoms. The molecule has 2 nitrogen and oxygen atoms in total. The predicted molar refractivity (Wildman–Crippen MR) is 122 cm³/mol. The van der Waals surface area contributed by atoms with Gasteiger partial charge in [-0.3, -0.25) is 0 Å². The molecule has 0 saturated heterocycles. The van der Waals surface area contributed by atoms with E-state index in [-0.39, 0.29) is 5.82 Å². The van der Waals surface area contributed by atoms with E-state index in [0.717, 1.165) is 40.3 Å². The van der Waals surface area contributed by atoms with E-state index in [2.05, 4.69) is 29.0 Å². The van der Waals surface area contributed by atoms with Crippen molar-refractivity contribution in [1.82, 2.24) is 0 Å². The van der Waals surface area contributed by atoms with Gasteiger partial charge in [0.15, 0.2) is 0 Å². The summed E-state index contributed by atoms with van der Waals surface area (Å²) < 4.78 is 13.0. The molecule has 0 amide bonds. The molecular formula is C25H22ClFN2. The fourth-order valence-electron chi connectivity index (χ4n) is 2.89. The third-order valence-corrected chi connectivity index (χ3v) is 4.56. The Kier molecular flexibility index (Phi) is 6.99. The van der Waals surface area contributed by atoms with Crippen LogP contribution in [0.25, 0.3) is 5.70 Å². The van der Waals surface area contributed by atoms with Crippen molar-refractivity contribution < 1.29 is 4.39 Å². The second-order valence-electron chi connectivity index (χ2n) is 6.62. The van der Waals surface area contributed by atoms with E-state index in [4.69, 9.17) is 11.6 Å². The van der Waals surface area contributed by atoms with Crippen molar-refractivity contribution in [3.8, 4) is 0 Å². The number of nitrogens with one attached hydrogen (secondary N) is 1. The first-order chi connectivity index (χ1) is 14.0. The van der Waals surface area contributed by atoms with E-state index in [1.54, 1.807) is 6.08 Å². The van der Waals surface area contributed by atoms with Crippen LogP contribution in [0.15, 0.2) is 96.5 Å². The number of rotatable bonds is 6. The molecule has 0 aliphatic carbocycles. The second-order valence-corrected chi connectivity index (χ2v) is 7.05. The predicted octanol–water partition coefficient (Wildman–Crippen LogP) is 7.13. The highest BCUT2D eigenvalue weighted by Gasteiger charge is 2.02. The average molecular weight is 405 g/mol. The van der Waals surface area contributed by atoms with E-state index in [9.17, 15) is 4.39 Å². The molecule has 146 valence electrons. The van der Waals surface area contributed by atoms with Crippen molar-refractivity contribution in [3.63, 3.8) is 0 Å². The van der Waals surface area contributed by atoms with Crippen LogP contribution in [-0.4, -0.2) is 5.84 Å². The number of allylic oxidation sites excluding steroid dienone is 2. The monoisotopic (exact) mass is 404 g/mol. The molecule has 0 atom stereocenters. The van der Waals surface area contributed by atoms with Gasteiger partial charge in [-0.05, 0) is 66.9 Å². The van der Waals surface area contributed by atoms with Crippen LogP contribution in [-0.2, 0) is 6.42 Å². The van der Waals surface area contributed by atoms with Gasteiger partial charge in [0, 0.05) is 16.3 Å². The summed E-state index contributed by atoms with van der Waals surface area (Å²) in [6.45, 7) is 5.69. The Morgan fingerprint density at radius 3 is 2.14 bits per heavy atom. The van der Waals surface area contributed by atoms with Crippen LogP contribution in [0.3, 0.4) is 0 Å². The molecule has 0 spiro atoms. The van der Waals surface area contributed by atoms with E-state index >= 15 is 0 Å². The third-order valence-electron chi connectivity index (χ3n) is 4.30. The minimum atomic E-state index is -0.216. The number of benzene rings is 3. The van der Waals surface area contributed by atoms with Crippen molar-refractivity contribution in [2.75, 3.05) is 5.32 Å². The maximum absolute atomic E-state index is 13.0. The topological polar surface area (TPSA) is 24.4 Å². The van der Waals surface area contributed by atoms with Gasteiger partial charge in [0.2, 0.25) is 0 Å². The number of hydrogen-bond donors (Lipinski definition) is 1. The fraction of sp³-hybridized carbons (Fsp3) is 0.0800. The highest BCUT2D eigenvalue weighted by molar-refractivity contribution is 6.30. The fourth-order valence-corrected chi connectivity index (χ4v) is 3.02. The van der Waals surface area contributed by atoms with Crippen molar-refractivity contribution in [3.05, 3.63) is 119 Å². The number of anilines is 1. The Balaban J connectivity index is 1.69. The minimum absolute atomic E-state index is 0.216. The number of amidine groups is 1. The Morgan fingerprint density at radius 2 is 1.55 bits per heavy atom. The van der Waals surface area contributed by atoms with Crippen LogP contribution < -0.4 is 5.32 Å². The van der Waals surface area contributed by atoms with Crippen molar-refractivity contribution in [1.29, 1.82) is 0 Å². The van der Waals surface area contributed by atoms with Gasteiger partial charge >= 0.3 is 0 Å². The molecule has 0 heterocycles. The molecule has 3 rings (SSSR count). The molecule has 0 aliphatic rings. The molecule has 0 unspecified atom stereocenters. The summed E-state index contributed by atoms with van der Waals surface area (Å²) in [5.41, 5.74) is 4.94. The molecule has 3 aromatic rings. The van der Waals surface area contributed by atoms with Crippen LogP contribution in [0.5, 0.6) is 0 Å². The first-order valence-corrected chi connectivity index (χ1v) is 9.65. The molecule has 3 aromatic carbocycles. The van der Waals surface area contributed by atoms with Gasteiger partial charge in [-0.15, -0.1) is 0 Å². The summed E-state index contributed by atoms with van der Waals surface area (Å²) in [4.78, 5) is 4.68. The third kappa shape index (κ3) is 6.16. The lowest BCUT2D eigenvalue weighted by atomic mass is 10.0. The SMILES string of the molecule is C=C/C=C(\N=C(C)Nc1ccc(Cc2ccc(F)cc2)cc1)c1ccc(Cl)cc1. The zero-order chi connectivity index (χ0) is 20.6. The largest absolute Gasteiger partial charge is 0.344 e. The van der Waals surface area contributed by atoms with Gasteiger partial charge < -0.3 is 5.32 Å². The summed E-state index contributed by atoms with van der Waals surface area (Å²) in [5, 5.41) is 4.00. The van der Waals surface area contributed by atoms with Gasteiger partial charge in [-0.25, -0.2) is 9.38 Å². The van der Waals surface area contributed by atoms with Crippen LogP contribution >= 0.6 is 11.6 Å². The van der Waals surface area contributed by atoms with Gasteiger partial charge in [-0.2, -0.15) is 0 Å². The van der Waals surface area contributed by atoms with Gasteiger partial charge in [0.05, 0.1) is 5.70 Å². The van der Waals surface area contributed by atoms with Gasteiger partial charge in [0.1, 0.15) is 11.7 Å². The highest BCUT2D eigenvalue weighted by atomic mass is 35.5. The number of aliphatic imine (C=N–C) groups is 1. The summed E-state index contributed by atoms with van der Waals surface area (Å²) in [5.74, 6) is 0.547. The Labute approximate surface area is 176 Å².